The maximum absolute atomic E-state index is 14.6. The van der Waals surface area contributed by atoms with Crippen LogP contribution < -0.4 is 0 Å². The van der Waals surface area contributed by atoms with E-state index < -0.39 is 23.3 Å². The molecule has 2 heterocycles. The second-order valence-corrected chi connectivity index (χ2v) is 7.88. The Morgan fingerprint density at radius 1 is 0.968 bits per heavy atom. The van der Waals surface area contributed by atoms with Crippen molar-refractivity contribution in [3.8, 4) is 5.75 Å². The smallest absolute Gasteiger partial charge is 0.422 e. The minimum atomic E-state index is -5.14. The minimum absolute atomic E-state index is 0.0516. The van der Waals surface area contributed by atoms with E-state index in [4.69, 9.17) is 23.2 Å². The molecular weight excluding hydrogens is 452 g/mol. The first-order valence-electron chi connectivity index (χ1n) is 9.08. The molecule has 2 atom stereocenters. The highest BCUT2D eigenvalue weighted by Crippen LogP contribution is 2.53. The number of nitrogens with zero attached hydrogens (tertiary/aromatic N) is 1. The highest BCUT2D eigenvalue weighted by Gasteiger charge is 2.61. The third-order valence-electron chi connectivity index (χ3n) is 5.17. The summed E-state index contributed by atoms with van der Waals surface area (Å²) in [7, 11) is 0. The van der Waals surface area contributed by atoms with E-state index in [0.717, 1.165) is 24.4 Å². The molecule has 0 saturated heterocycles. The summed E-state index contributed by atoms with van der Waals surface area (Å²) in [6.07, 6.45) is -4.06. The van der Waals surface area contributed by atoms with Crippen LogP contribution in [-0.2, 0) is 5.60 Å². The lowest BCUT2D eigenvalue weighted by molar-refractivity contribution is -0.272. The van der Waals surface area contributed by atoms with Gasteiger partial charge in [0.05, 0.1) is 5.92 Å². The van der Waals surface area contributed by atoms with Crippen molar-refractivity contribution in [3.63, 3.8) is 0 Å². The number of H-pyrrole nitrogens is 1. The fraction of sp³-hybridized carbons (Fsp3) is 0.136. The number of benzene rings is 2. The number of aromatic hydroxyl groups is 1. The molecule has 0 amide bonds. The van der Waals surface area contributed by atoms with Gasteiger partial charge in [-0.25, -0.2) is 4.98 Å². The van der Waals surface area contributed by atoms with E-state index in [9.17, 15) is 23.4 Å². The van der Waals surface area contributed by atoms with Crippen molar-refractivity contribution in [1.29, 1.82) is 0 Å². The number of nitrogens with one attached hydrogen (secondary N) is 1. The number of aromatic nitrogens is 2. The van der Waals surface area contributed by atoms with Gasteiger partial charge in [0.25, 0.3) is 0 Å². The van der Waals surface area contributed by atoms with E-state index in [1.54, 1.807) is 24.3 Å². The van der Waals surface area contributed by atoms with Gasteiger partial charge < -0.3 is 15.2 Å². The topological polar surface area (TPSA) is 69.1 Å². The van der Waals surface area contributed by atoms with Gasteiger partial charge in [-0.15, -0.1) is 0 Å². The lowest BCUT2D eigenvalue weighted by Crippen LogP contribution is -2.48. The summed E-state index contributed by atoms with van der Waals surface area (Å²) < 4.78 is 43.8. The van der Waals surface area contributed by atoms with Crippen molar-refractivity contribution in [2.45, 2.75) is 17.7 Å². The third kappa shape index (κ3) is 3.73. The molecule has 0 aliphatic rings. The Kier molecular flexibility index (Phi) is 5.37. The summed E-state index contributed by atoms with van der Waals surface area (Å²) in [4.78, 5) is 6.67. The molecule has 31 heavy (non-hydrogen) atoms. The Morgan fingerprint density at radius 2 is 1.71 bits per heavy atom. The molecule has 2 aromatic carbocycles. The quantitative estimate of drug-likeness (QED) is 0.315. The van der Waals surface area contributed by atoms with Crippen LogP contribution in [0.1, 0.15) is 22.7 Å². The van der Waals surface area contributed by atoms with Crippen molar-refractivity contribution in [1.82, 2.24) is 9.97 Å². The number of fused-ring (bicyclic) bond motifs is 1. The molecule has 2 aromatic heterocycles. The number of pyridine rings is 1. The number of aromatic amines is 1. The van der Waals surface area contributed by atoms with E-state index in [1.165, 1.54) is 18.2 Å². The van der Waals surface area contributed by atoms with Gasteiger partial charge in [-0.1, -0.05) is 41.4 Å². The van der Waals surface area contributed by atoms with Crippen molar-refractivity contribution in [3.05, 3.63) is 93.9 Å². The van der Waals surface area contributed by atoms with Crippen LogP contribution in [0.2, 0.25) is 10.2 Å². The lowest BCUT2D eigenvalue weighted by atomic mass is 9.75. The number of phenolic OH excluding ortho intramolecular Hbond substituents is 1. The molecule has 3 N–H and O–H groups in total. The van der Waals surface area contributed by atoms with Crippen LogP contribution in [0, 0.1) is 0 Å². The number of rotatable bonds is 4. The number of alkyl halides is 3. The number of aliphatic hydroxyl groups is 1. The minimum Gasteiger partial charge on any atom is -0.508 e. The van der Waals surface area contributed by atoms with E-state index in [0.29, 0.717) is 10.9 Å². The number of halogens is 5. The first-order chi connectivity index (χ1) is 14.6. The van der Waals surface area contributed by atoms with Gasteiger partial charge in [0.2, 0.25) is 0 Å². The molecule has 4 rings (SSSR count). The average Bonchev–Trinajstić information content (AvgIpc) is 3.13. The van der Waals surface area contributed by atoms with Gasteiger partial charge >= 0.3 is 6.18 Å². The molecule has 0 aliphatic carbocycles. The summed E-state index contributed by atoms with van der Waals surface area (Å²) in [6.45, 7) is 0. The molecule has 4 nitrogen and oxygen atoms in total. The van der Waals surface area contributed by atoms with Gasteiger partial charge in [-0.2, -0.15) is 13.2 Å². The molecule has 160 valence electrons. The highest BCUT2D eigenvalue weighted by molar-refractivity contribution is 6.31. The summed E-state index contributed by atoms with van der Waals surface area (Å²) in [6, 6.07) is 14.1. The zero-order valence-corrected chi connectivity index (χ0v) is 17.2. The van der Waals surface area contributed by atoms with Crippen LogP contribution in [0.3, 0.4) is 0 Å². The van der Waals surface area contributed by atoms with Crippen LogP contribution in [0.5, 0.6) is 5.75 Å². The highest BCUT2D eigenvalue weighted by atomic mass is 35.5. The summed E-state index contributed by atoms with van der Waals surface area (Å²) >= 11 is 12.1. The first kappa shape index (κ1) is 21.5. The van der Waals surface area contributed by atoms with Crippen LogP contribution in [-0.4, -0.2) is 26.4 Å². The predicted octanol–water partition coefficient (Wildman–Crippen LogP) is 6.16. The molecule has 0 spiro atoms. The monoisotopic (exact) mass is 466 g/mol. The predicted molar refractivity (Wildman–Crippen MR) is 112 cm³/mol. The number of phenols is 1. The van der Waals surface area contributed by atoms with Crippen LogP contribution in [0.4, 0.5) is 13.2 Å². The van der Waals surface area contributed by atoms with Crippen molar-refractivity contribution >= 4 is 34.1 Å². The fourth-order valence-electron chi connectivity index (χ4n) is 3.75. The first-order valence-corrected chi connectivity index (χ1v) is 9.84. The van der Waals surface area contributed by atoms with Gasteiger partial charge in [0, 0.05) is 22.4 Å². The average molecular weight is 467 g/mol. The number of hydrogen-bond acceptors (Lipinski definition) is 3. The maximum atomic E-state index is 14.6. The van der Waals surface area contributed by atoms with Gasteiger partial charge in [0.1, 0.15) is 10.9 Å². The van der Waals surface area contributed by atoms with Crippen molar-refractivity contribution in [2.75, 3.05) is 0 Å². The van der Waals surface area contributed by atoms with Gasteiger partial charge in [-0.3, -0.25) is 0 Å². The Labute approximate surface area is 184 Å². The fourth-order valence-corrected chi connectivity index (χ4v) is 4.16. The number of hydrogen-bond donors (Lipinski definition) is 3. The zero-order chi connectivity index (χ0) is 22.4. The van der Waals surface area contributed by atoms with E-state index >= 15 is 0 Å². The largest absolute Gasteiger partial charge is 0.508 e. The van der Waals surface area contributed by atoms with Crippen LogP contribution in [0.15, 0.2) is 66.9 Å². The SMILES string of the molecule is Oc1ccc(Cl)c(C(c2cc3ccccc3[nH]2)C(O)(c2ccnc(Cl)c2)C(F)(F)F)c1. The Balaban J connectivity index is 2.07. The lowest BCUT2D eigenvalue weighted by Gasteiger charge is -2.38. The van der Waals surface area contributed by atoms with E-state index in [1.807, 2.05) is 0 Å². The molecule has 2 unspecified atom stereocenters. The maximum Gasteiger partial charge on any atom is 0.422 e. The van der Waals surface area contributed by atoms with Gasteiger partial charge in [0.15, 0.2) is 5.60 Å². The molecule has 4 aromatic rings. The zero-order valence-electron chi connectivity index (χ0n) is 15.7. The number of para-hydroxylation sites is 1. The van der Waals surface area contributed by atoms with Gasteiger partial charge in [-0.05, 0) is 59.0 Å². The van der Waals surface area contributed by atoms with E-state index in [2.05, 4.69) is 9.97 Å². The molecule has 0 saturated carbocycles. The summed E-state index contributed by atoms with van der Waals surface area (Å²) in [5.41, 5.74) is -3.43. The second-order valence-electron chi connectivity index (χ2n) is 7.08. The van der Waals surface area contributed by atoms with E-state index in [-0.39, 0.29) is 27.2 Å². The van der Waals surface area contributed by atoms with Crippen molar-refractivity contribution < 1.29 is 23.4 Å². The molecule has 0 aliphatic heterocycles. The Hall–Kier alpha value is -2.74. The van der Waals surface area contributed by atoms with Crippen LogP contribution in [0.25, 0.3) is 10.9 Å². The normalized spacial score (nSPS) is 15.0. The molecule has 9 heteroatoms. The van der Waals surface area contributed by atoms with Crippen LogP contribution >= 0.6 is 23.2 Å². The Bertz CT molecular complexity index is 1230. The summed E-state index contributed by atoms with van der Waals surface area (Å²) in [5.74, 6) is -2.05. The molecule has 0 radical (unpaired) electrons. The third-order valence-corrected chi connectivity index (χ3v) is 5.72. The molecule has 0 fully saturated rings. The van der Waals surface area contributed by atoms with Crippen molar-refractivity contribution in [2.24, 2.45) is 0 Å². The summed E-state index contributed by atoms with van der Waals surface area (Å²) in [5, 5.41) is 21.8. The second kappa shape index (κ2) is 7.75. The molecular formula is C22H15Cl2F3N2O2. The standard InChI is InChI=1S/C22H15Cl2F3N2O2/c23-16-6-5-14(30)11-15(16)20(18-9-12-3-1-2-4-17(12)29-18)21(31,22(25,26)27)13-7-8-28-19(24)10-13/h1-11,20,29-31H. The Morgan fingerprint density at radius 3 is 2.39 bits per heavy atom. The molecule has 0 bridgehead atoms.